The molecule has 2 aliphatic heterocycles. The number of hydrogen-bond donors (Lipinski definition) is 2. The van der Waals surface area contributed by atoms with Crippen molar-refractivity contribution in [3.8, 4) is 22.5 Å². The highest BCUT2D eigenvalue weighted by Crippen LogP contribution is 2.50. The van der Waals surface area contributed by atoms with Crippen LogP contribution in [0.3, 0.4) is 0 Å². The molecule has 8 nitrogen and oxygen atoms in total. The van der Waals surface area contributed by atoms with Gasteiger partial charge in [-0.15, -0.1) is 0 Å². The van der Waals surface area contributed by atoms with Crippen LogP contribution in [-0.2, 0) is 0 Å². The third kappa shape index (κ3) is 5.46. The fraction of sp³-hybridized carbons (Fsp3) is 0.275. The van der Waals surface area contributed by atoms with Crippen molar-refractivity contribution in [2.45, 2.75) is 44.2 Å². The molecule has 1 saturated heterocycles. The average Bonchev–Trinajstić information content (AvgIpc) is 3.76. The Bertz CT molecular complexity index is 2200. The molecule has 252 valence electrons. The number of nitrogens with zero attached hydrogens (tertiary/aromatic N) is 5. The van der Waals surface area contributed by atoms with Gasteiger partial charge >= 0.3 is 0 Å². The first-order valence-electron chi connectivity index (χ1n) is 17.5. The number of aromatic nitrogens is 4. The lowest BCUT2D eigenvalue weighted by Gasteiger charge is -2.41. The molecule has 2 fully saturated rings. The van der Waals surface area contributed by atoms with Gasteiger partial charge in [0.2, 0.25) is 0 Å². The SMILES string of the molecule is O=C(Nc1cnccc1N1CCN(C2CCCCC2)CC1)c1[nH]c2cc(Cl)cc3c2c1-c1c(-c2ccccc2)ncn1[C@@H]3c1ccc(Cl)cc1. The first kappa shape index (κ1) is 31.4. The van der Waals surface area contributed by atoms with Crippen LogP contribution in [0.15, 0.2) is 91.5 Å². The van der Waals surface area contributed by atoms with Crippen LogP contribution in [0.4, 0.5) is 11.4 Å². The van der Waals surface area contributed by atoms with Crippen LogP contribution >= 0.6 is 23.2 Å². The van der Waals surface area contributed by atoms with Crippen molar-refractivity contribution in [1.29, 1.82) is 0 Å². The minimum absolute atomic E-state index is 0.232. The fourth-order valence-electron chi connectivity index (χ4n) is 8.42. The van der Waals surface area contributed by atoms with Crippen molar-refractivity contribution >= 4 is 51.4 Å². The third-order valence-electron chi connectivity index (χ3n) is 10.7. The summed E-state index contributed by atoms with van der Waals surface area (Å²) >= 11 is 13.1. The van der Waals surface area contributed by atoms with Crippen LogP contribution in [0.1, 0.15) is 59.8 Å². The van der Waals surface area contributed by atoms with Gasteiger partial charge in [-0.3, -0.25) is 14.7 Å². The van der Waals surface area contributed by atoms with Gasteiger partial charge < -0.3 is 19.8 Å². The highest BCUT2D eigenvalue weighted by molar-refractivity contribution is 6.32. The average molecular weight is 703 g/mol. The Morgan fingerprint density at radius 1 is 0.880 bits per heavy atom. The molecule has 0 bridgehead atoms. The topological polar surface area (TPSA) is 82.1 Å². The molecule has 1 atom stereocenters. The summed E-state index contributed by atoms with van der Waals surface area (Å²) in [6.45, 7) is 3.87. The quantitative estimate of drug-likeness (QED) is 0.181. The Balaban J connectivity index is 1.12. The second kappa shape index (κ2) is 12.9. The van der Waals surface area contributed by atoms with Crippen LogP contribution in [-0.4, -0.2) is 62.5 Å². The Morgan fingerprint density at radius 3 is 2.44 bits per heavy atom. The molecule has 6 aromatic rings. The maximum Gasteiger partial charge on any atom is 0.272 e. The zero-order valence-electron chi connectivity index (χ0n) is 27.6. The number of halogens is 2. The Kier molecular flexibility index (Phi) is 8.10. The van der Waals surface area contributed by atoms with Gasteiger partial charge in [-0.05, 0) is 54.3 Å². The van der Waals surface area contributed by atoms with E-state index in [4.69, 9.17) is 28.2 Å². The molecule has 2 N–H and O–H groups in total. The Labute approximate surface area is 301 Å². The lowest BCUT2D eigenvalue weighted by atomic mass is 9.88. The van der Waals surface area contributed by atoms with Gasteiger partial charge in [0.25, 0.3) is 5.91 Å². The lowest BCUT2D eigenvalue weighted by Crippen LogP contribution is -2.51. The number of pyridine rings is 1. The number of carbonyl (C=O) groups is 1. The Hall–Kier alpha value is -4.63. The summed E-state index contributed by atoms with van der Waals surface area (Å²) in [5, 5.41) is 5.46. The molecule has 3 aromatic heterocycles. The minimum atomic E-state index is -0.245. The molecular weight excluding hydrogens is 665 g/mol. The van der Waals surface area contributed by atoms with Gasteiger partial charge in [-0.25, -0.2) is 4.98 Å². The molecule has 0 radical (unpaired) electrons. The summed E-state index contributed by atoms with van der Waals surface area (Å²) in [5.74, 6) is -0.245. The second-order valence-corrected chi connectivity index (χ2v) is 14.5. The van der Waals surface area contributed by atoms with E-state index in [0.29, 0.717) is 27.5 Å². The minimum Gasteiger partial charge on any atom is -0.367 e. The van der Waals surface area contributed by atoms with Crippen LogP contribution in [0.25, 0.3) is 33.4 Å². The first-order chi connectivity index (χ1) is 24.5. The molecule has 10 heteroatoms. The molecule has 3 aliphatic rings. The second-order valence-electron chi connectivity index (χ2n) is 13.6. The molecule has 1 aliphatic carbocycles. The summed E-state index contributed by atoms with van der Waals surface area (Å²) in [4.78, 5) is 32.5. The van der Waals surface area contributed by atoms with E-state index in [1.807, 2.05) is 67.0 Å². The first-order valence-corrected chi connectivity index (χ1v) is 18.3. The van der Waals surface area contributed by atoms with E-state index < -0.39 is 0 Å². The zero-order valence-corrected chi connectivity index (χ0v) is 29.1. The van der Waals surface area contributed by atoms with E-state index in [2.05, 4.69) is 41.8 Å². The van der Waals surface area contributed by atoms with Crippen molar-refractivity contribution in [2.75, 3.05) is 36.4 Å². The van der Waals surface area contributed by atoms with Crippen LogP contribution in [0.2, 0.25) is 10.0 Å². The number of nitrogens with one attached hydrogen (secondary N) is 2. The molecule has 5 heterocycles. The van der Waals surface area contributed by atoms with Gasteiger partial charge in [-0.1, -0.05) is 84.9 Å². The molecule has 0 unspecified atom stereocenters. The number of carbonyl (C=O) groups excluding carboxylic acids is 1. The van der Waals surface area contributed by atoms with E-state index >= 15 is 0 Å². The van der Waals surface area contributed by atoms with E-state index in [1.165, 1.54) is 32.1 Å². The highest BCUT2D eigenvalue weighted by Gasteiger charge is 2.36. The van der Waals surface area contributed by atoms with E-state index in [0.717, 1.165) is 76.4 Å². The number of aromatic amines is 1. The van der Waals surface area contributed by atoms with Gasteiger partial charge in [0, 0.05) is 70.5 Å². The summed E-state index contributed by atoms with van der Waals surface area (Å²) in [7, 11) is 0. The largest absolute Gasteiger partial charge is 0.367 e. The van der Waals surface area contributed by atoms with Crippen LogP contribution in [0.5, 0.6) is 0 Å². The maximum absolute atomic E-state index is 14.6. The number of hydrogen-bond acceptors (Lipinski definition) is 5. The van der Waals surface area contributed by atoms with Gasteiger partial charge in [0.1, 0.15) is 5.69 Å². The Morgan fingerprint density at radius 2 is 1.66 bits per heavy atom. The summed E-state index contributed by atoms with van der Waals surface area (Å²) in [6, 6.07) is 24.4. The number of H-pyrrole nitrogens is 1. The van der Waals surface area contributed by atoms with Gasteiger partial charge in [-0.2, -0.15) is 0 Å². The fourth-order valence-corrected chi connectivity index (χ4v) is 8.77. The maximum atomic E-state index is 14.6. The monoisotopic (exact) mass is 701 g/mol. The molecule has 3 aromatic carbocycles. The molecule has 1 saturated carbocycles. The third-order valence-corrected chi connectivity index (χ3v) is 11.2. The highest BCUT2D eigenvalue weighted by atomic mass is 35.5. The van der Waals surface area contributed by atoms with E-state index in [-0.39, 0.29) is 11.9 Å². The van der Waals surface area contributed by atoms with Crippen LogP contribution in [0, 0.1) is 0 Å². The smallest absolute Gasteiger partial charge is 0.272 e. The summed E-state index contributed by atoms with van der Waals surface area (Å²) in [6.07, 6.45) is 12.1. The van der Waals surface area contributed by atoms with E-state index in [1.54, 1.807) is 12.4 Å². The van der Waals surface area contributed by atoms with Crippen molar-refractivity contribution in [1.82, 2.24) is 24.4 Å². The van der Waals surface area contributed by atoms with Crippen LogP contribution < -0.4 is 10.2 Å². The number of benzene rings is 3. The molecule has 1 amide bonds. The summed E-state index contributed by atoms with van der Waals surface area (Å²) in [5.41, 5.74) is 8.40. The number of rotatable bonds is 6. The van der Waals surface area contributed by atoms with E-state index in [9.17, 15) is 4.79 Å². The summed E-state index contributed by atoms with van der Waals surface area (Å²) < 4.78 is 2.16. The lowest BCUT2D eigenvalue weighted by molar-refractivity contribution is 0.102. The predicted molar refractivity (Wildman–Crippen MR) is 202 cm³/mol. The number of fused-ring (bicyclic) bond motifs is 2. The number of imidazole rings is 1. The van der Waals surface area contributed by atoms with Crippen molar-refractivity contribution in [3.05, 3.63) is 118 Å². The number of anilines is 2. The zero-order chi connectivity index (χ0) is 33.8. The predicted octanol–water partition coefficient (Wildman–Crippen LogP) is 9.06. The molecule has 0 spiro atoms. The molecule has 9 rings (SSSR count). The normalized spacial score (nSPS) is 18.0. The van der Waals surface area contributed by atoms with Gasteiger partial charge in [0.05, 0.1) is 41.3 Å². The molecule has 50 heavy (non-hydrogen) atoms. The van der Waals surface area contributed by atoms with Crippen molar-refractivity contribution in [3.63, 3.8) is 0 Å². The standard InChI is InChI=1S/C40H37Cl2N7O/c41-27-13-11-26(12-14-27)38-30-21-28(42)22-31-34(30)35(39-36(44-24-49(38)39)25-7-3-1-4-8-25)37(45-31)40(50)46-32-23-43-16-15-33(32)48-19-17-47(18-20-48)29-9-5-2-6-10-29/h1,3-4,7-8,11-16,21-24,29,38,45H,2,5-6,9-10,17-20H2,(H,46,50)/t38-/m1/s1. The van der Waals surface area contributed by atoms with Gasteiger partial charge in [0.15, 0.2) is 0 Å². The van der Waals surface area contributed by atoms with Crippen molar-refractivity contribution < 1.29 is 4.79 Å². The number of amides is 1. The van der Waals surface area contributed by atoms with Crippen molar-refractivity contribution in [2.24, 2.45) is 0 Å². The molecular formula is C40H37Cl2N7O. The number of piperazine rings is 1.